The molecule has 2 atom stereocenters. The number of benzene rings is 2. The third-order valence-electron chi connectivity index (χ3n) is 3.44. The minimum absolute atomic E-state index is 0.784. The Balaban J connectivity index is 1.87. The molecule has 2 aromatic carbocycles. The summed E-state index contributed by atoms with van der Waals surface area (Å²) < 4.78 is 23.4. The first-order valence-corrected chi connectivity index (χ1v) is 16.9. The van der Waals surface area contributed by atoms with E-state index in [-0.39, 0.29) is 0 Å². The lowest BCUT2D eigenvalue weighted by Crippen LogP contribution is -2.21. The molecular weight excluding hydrogens is 406 g/mol. The first-order chi connectivity index (χ1) is 10.9. The van der Waals surface area contributed by atoms with Crippen molar-refractivity contribution in [3.63, 3.8) is 0 Å². The van der Waals surface area contributed by atoms with Crippen molar-refractivity contribution in [1.29, 1.82) is 0 Å². The van der Waals surface area contributed by atoms with Crippen molar-refractivity contribution in [3.8, 4) is 11.5 Å². The molecule has 122 valence electrons. The largest absolute Gasteiger partial charge is 0.497 e. The highest BCUT2D eigenvalue weighted by Crippen LogP contribution is 3.09. The molecular formula is C14H16O3P2S4+2. The van der Waals surface area contributed by atoms with Gasteiger partial charge in [-0.05, 0) is 48.5 Å². The molecule has 1 heterocycles. The molecule has 3 rings (SSSR count). The molecule has 9 heteroatoms. The predicted octanol–water partition coefficient (Wildman–Crippen LogP) is 4.53. The normalized spacial score (nSPS) is 29.7. The lowest BCUT2D eigenvalue weighted by molar-refractivity contribution is 0.415. The number of rotatable bonds is 4. The first-order valence-electron chi connectivity index (χ1n) is 6.61. The molecule has 0 N–H and O–H groups in total. The van der Waals surface area contributed by atoms with E-state index in [2.05, 4.69) is 0 Å². The maximum absolute atomic E-state index is 13.1. The highest BCUT2D eigenvalue weighted by molar-refractivity contribution is 9.57. The zero-order valence-electron chi connectivity index (χ0n) is 12.4. The van der Waals surface area contributed by atoms with E-state index in [4.69, 9.17) is 34.0 Å². The van der Waals surface area contributed by atoms with Crippen LogP contribution in [0.4, 0.5) is 0 Å². The van der Waals surface area contributed by atoms with Gasteiger partial charge in [-0.2, -0.15) is 4.21 Å². The van der Waals surface area contributed by atoms with E-state index in [1.807, 2.05) is 48.5 Å². The summed E-state index contributed by atoms with van der Waals surface area (Å²) in [7, 11) is 2.17. The Kier molecular flexibility index (Phi) is 5.28. The average Bonchev–Trinajstić information content (AvgIpc) is 2.61. The van der Waals surface area contributed by atoms with Crippen molar-refractivity contribution in [3.05, 3.63) is 48.5 Å². The van der Waals surface area contributed by atoms with Crippen LogP contribution in [0, 0.1) is 0 Å². The molecule has 0 radical (unpaired) electrons. The molecule has 0 aromatic heterocycles. The molecule has 1 fully saturated rings. The summed E-state index contributed by atoms with van der Waals surface area (Å²) in [5.41, 5.74) is 0. The maximum Gasteiger partial charge on any atom is 0.356 e. The third kappa shape index (κ3) is 3.05. The summed E-state index contributed by atoms with van der Waals surface area (Å²) >= 11 is 11.3. The summed E-state index contributed by atoms with van der Waals surface area (Å²) in [5.74, 6) is 1.57. The lowest BCUT2D eigenvalue weighted by Gasteiger charge is -2.29. The Hall–Kier alpha value is 0.100. The van der Waals surface area contributed by atoms with Gasteiger partial charge >= 0.3 is 19.8 Å². The van der Waals surface area contributed by atoms with Gasteiger partial charge in [-0.3, -0.25) is 0 Å². The topological polar surface area (TPSA) is 35.5 Å². The van der Waals surface area contributed by atoms with E-state index < -0.39 is 19.8 Å². The highest BCUT2D eigenvalue weighted by Gasteiger charge is 2.82. The van der Waals surface area contributed by atoms with Crippen molar-refractivity contribution in [2.45, 2.75) is 0 Å². The Morgan fingerprint density at radius 2 is 1.17 bits per heavy atom. The Bertz CT molecular complexity index is 679. The van der Waals surface area contributed by atoms with Gasteiger partial charge in [0.2, 0.25) is 0 Å². The molecule has 23 heavy (non-hydrogen) atoms. The number of ether oxygens (including phenoxy) is 2. The van der Waals surface area contributed by atoms with Crippen molar-refractivity contribution >= 4 is 65.9 Å². The van der Waals surface area contributed by atoms with Gasteiger partial charge in [-0.1, -0.05) is 0 Å². The molecule has 2 aromatic rings. The zero-order chi connectivity index (χ0) is 16.7. The van der Waals surface area contributed by atoms with Gasteiger partial charge in [-0.25, -0.2) is 0 Å². The lowest BCUT2D eigenvalue weighted by atomic mass is 10.3. The summed E-state index contributed by atoms with van der Waals surface area (Å²) in [6, 6.07) is 15.4. The van der Waals surface area contributed by atoms with Crippen molar-refractivity contribution in [2.24, 2.45) is 0 Å². The minimum Gasteiger partial charge on any atom is -0.497 e. The van der Waals surface area contributed by atoms with Crippen LogP contribution < -0.4 is 20.1 Å². The quantitative estimate of drug-likeness (QED) is 0.560. The molecule has 0 amide bonds. The van der Waals surface area contributed by atoms with Crippen LogP contribution in [0.5, 0.6) is 11.5 Å². The van der Waals surface area contributed by atoms with E-state index in [1.165, 1.54) is 0 Å². The maximum atomic E-state index is 13.1. The van der Waals surface area contributed by atoms with E-state index in [1.54, 1.807) is 25.2 Å². The molecule has 1 aliphatic heterocycles. The van der Waals surface area contributed by atoms with Gasteiger partial charge in [0.05, 0.1) is 14.2 Å². The Morgan fingerprint density at radius 3 is 1.43 bits per heavy atom. The fraction of sp³-hybridized carbons (Fsp3) is 0.143. The number of hydrogen-bond acceptors (Lipinski definition) is 6. The fourth-order valence-corrected chi connectivity index (χ4v) is 50.5. The van der Waals surface area contributed by atoms with Crippen LogP contribution in [0.3, 0.4) is 0 Å². The van der Waals surface area contributed by atoms with Crippen molar-refractivity contribution in [1.82, 2.24) is 0 Å². The summed E-state index contributed by atoms with van der Waals surface area (Å²) in [5, 5.41) is 2.03. The number of thiol groups is 2. The average molecular weight is 422 g/mol. The molecule has 0 aliphatic carbocycles. The Labute approximate surface area is 153 Å². The van der Waals surface area contributed by atoms with Crippen LogP contribution in [0.25, 0.3) is 0 Å². The standard InChI is InChI=1S/C14H16O3P2S4/c1-16-11-3-7-13(8-4-11)18(20)22-19(21,23(18)15)14-9-5-12(17-2)6-10-14/h3-10,20-21H,1-2H3/q+2. The summed E-state index contributed by atoms with van der Waals surface area (Å²) in [4.78, 5) is -4.11. The second kappa shape index (κ2) is 6.78. The number of hydrogen-bond donors (Lipinski definition) is 2. The van der Waals surface area contributed by atoms with Crippen LogP contribution in [0.2, 0.25) is 0 Å². The molecule has 2 unspecified atom stereocenters. The summed E-state index contributed by atoms with van der Waals surface area (Å²) in [6.45, 7) is 0. The van der Waals surface area contributed by atoms with Gasteiger partial charge in [0, 0.05) is 24.5 Å². The van der Waals surface area contributed by atoms with Gasteiger partial charge in [0.15, 0.2) is 0 Å². The van der Waals surface area contributed by atoms with Gasteiger partial charge in [0.1, 0.15) is 22.1 Å². The minimum atomic E-state index is -2.05. The second-order valence-electron chi connectivity index (χ2n) is 4.75. The van der Waals surface area contributed by atoms with E-state index in [0.717, 1.165) is 22.1 Å². The molecule has 0 saturated carbocycles. The molecule has 0 bridgehead atoms. The molecule has 1 saturated heterocycles. The Morgan fingerprint density at radius 1 is 0.826 bits per heavy atom. The SMILES string of the molecule is COc1ccc([P+]2(S)S[P+](S)(c3ccc(OC)cc3)S2=O)cc1. The van der Waals surface area contributed by atoms with Gasteiger partial charge in [-0.15, -0.1) is 0 Å². The van der Waals surface area contributed by atoms with E-state index >= 15 is 0 Å². The molecule has 3 nitrogen and oxygen atoms in total. The van der Waals surface area contributed by atoms with Crippen LogP contribution in [-0.4, -0.2) is 18.4 Å². The predicted molar refractivity (Wildman–Crippen MR) is 113 cm³/mol. The van der Waals surface area contributed by atoms with E-state index in [9.17, 15) is 4.21 Å². The smallest absolute Gasteiger partial charge is 0.356 e. The van der Waals surface area contributed by atoms with Crippen molar-refractivity contribution < 1.29 is 13.7 Å². The van der Waals surface area contributed by atoms with Gasteiger partial charge < -0.3 is 9.47 Å². The monoisotopic (exact) mass is 422 g/mol. The third-order valence-corrected chi connectivity index (χ3v) is 39.8. The van der Waals surface area contributed by atoms with Crippen molar-refractivity contribution in [2.75, 3.05) is 14.2 Å². The molecule has 0 spiro atoms. The van der Waals surface area contributed by atoms with Crippen LogP contribution in [0.1, 0.15) is 0 Å². The first kappa shape index (κ1) is 17.9. The molecule has 1 aliphatic rings. The van der Waals surface area contributed by atoms with Crippen LogP contribution >= 0.6 is 45.2 Å². The van der Waals surface area contributed by atoms with Crippen LogP contribution in [0.15, 0.2) is 48.5 Å². The fourth-order valence-electron chi connectivity index (χ4n) is 2.15. The zero-order valence-corrected chi connectivity index (χ0v) is 17.7. The second-order valence-corrected chi connectivity index (χ2v) is 28.1. The highest BCUT2D eigenvalue weighted by atomic mass is 33.8. The summed E-state index contributed by atoms with van der Waals surface area (Å²) in [6.07, 6.45) is 0. The van der Waals surface area contributed by atoms with Gasteiger partial charge in [0.25, 0.3) is 11.0 Å². The number of methoxy groups -OCH3 is 2. The van der Waals surface area contributed by atoms with Crippen LogP contribution in [-0.2, 0) is 10.0 Å². The van der Waals surface area contributed by atoms with E-state index in [0.29, 0.717) is 0 Å².